The van der Waals surface area contributed by atoms with Crippen LogP contribution in [0.25, 0.3) is 44.5 Å². The minimum Gasteiger partial charge on any atom is -0.497 e. The van der Waals surface area contributed by atoms with Crippen molar-refractivity contribution in [1.82, 2.24) is 0 Å². The average molecular weight is 683 g/mol. The first kappa shape index (κ1) is 31.6. The van der Waals surface area contributed by atoms with E-state index in [1.165, 1.54) is 0 Å². The number of carbonyl (C=O) groups excluding carboxylic acids is 2. The predicted octanol–water partition coefficient (Wildman–Crippen LogP) is 8.98. The lowest BCUT2D eigenvalue weighted by atomic mass is 9.68. The van der Waals surface area contributed by atoms with Crippen molar-refractivity contribution in [3.8, 4) is 67.5 Å². The van der Waals surface area contributed by atoms with Crippen molar-refractivity contribution < 1.29 is 28.5 Å². The predicted molar refractivity (Wildman–Crippen MR) is 203 cm³/mol. The molecule has 4 aliphatic carbocycles. The Morgan fingerprint density at radius 1 is 0.404 bits per heavy atom. The van der Waals surface area contributed by atoms with Gasteiger partial charge in [-0.2, -0.15) is 0 Å². The third kappa shape index (κ3) is 4.30. The summed E-state index contributed by atoms with van der Waals surface area (Å²) in [5, 5.41) is 0. The van der Waals surface area contributed by atoms with E-state index < -0.39 is 10.8 Å². The maximum absolute atomic E-state index is 12.9. The summed E-state index contributed by atoms with van der Waals surface area (Å²) in [6.45, 7) is 0. The minimum atomic E-state index is -0.810. The van der Waals surface area contributed by atoms with Crippen LogP contribution in [0.15, 0.2) is 134 Å². The number of ether oxygens (including phenoxy) is 4. The molecule has 0 saturated heterocycles. The molecule has 6 heteroatoms. The van der Waals surface area contributed by atoms with Crippen LogP contribution in [0.2, 0.25) is 0 Å². The summed E-state index contributed by atoms with van der Waals surface area (Å²) in [5.74, 6) is 2.81. The van der Waals surface area contributed by atoms with Gasteiger partial charge in [0.2, 0.25) is 0 Å². The van der Waals surface area contributed by atoms with E-state index in [1.54, 1.807) is 52.7 Å². The first-order valence-electron chi connectivity index (χ1n) is 17.1. The van der Waals surface area contributed by atoms with Crippen LogP contribution in [0.4, 0.5) is 0 Å². The molecule has 0 bridgehead atoms. The second-order valence-electron chi connectivity index (χ2n) is 13.4. The van der Waals surface area contributed by atoms with Crippen molar-refractivity contribution >= 4 is 11.6 Å². The smallest absolute Gasteiger partial charge is 0.178 e. The Hall–Kier alpha value is -6.40. The van der Waals surface area contributed by atoms with Crippen molar-refractivity contribution in [3.63, 3.8) is 0 Å². The number of benzene rings is 5. The maximum atomic E-state index is 12.9. The Kier molecular flexibility index (Phi) is 7.03. The van der Waals surface area contributed by atoms with E-state index in [2.05, 4.69) is 48.5 Å². The molecule has 6 nitrogen and oxygen atoms in total. The highest BCUT2D eigenvalue weighted by molar-refractivity contribution is 6.12. The molecule has 4 aliphatic rings. The quantitative estimate of drug-likeness (QED) is 0.178. The summed E-state index contributed by atoms with van der Waals surface area (Å²) < 4.78 is 22.9. The molecular weight excluding hydrogens is 649 g/mol. The van der Waals surface area contributed by atoms with Gasteiger partial charge in [-0.3, -0.25) is 9.59 Å². The SMILES string of the molecule is COc1ccc(-c2c3c(c(-c4ccc(OC)cc4)c4c2C2(C=CC(=O)C=C2)c2cc(OC)ccc2-4)C2(C=CC(=O)C=C2)c2cc(OC)ccc2-3)cc1. The highest BCUT2D eigenvalue weighted by Crippen LogP contribution is 2.66. The summed E-state index contributed by atoms with van der Waals surface area (Å²) in [6, 6.07) is 28.8. The lowest BCUT2D eigenvalue weighted by molar-refractivity contribution is -0.111. The molecule has 52 heavy (non-hydrogen) atoms. The van der Waals surface area contributed by atoms with Gasteiger partial charge in [-0.15, -0.1) is 0 Å². The van der Waals surface area contributed by atoms with Crippen LogP contribution in [-0.2, 0) is 20.4 Å². The van der Waals surface area contributed by atoms with Crippen LogP contribution in [-0.4, -0.2) is 40.0 Å². The number of carbonyl (C=O) groups is 2. The van der Waals surface area contributed by atoms with Crippen LogP contribution in [0.5, 0.6) is 23.0 Å². The Bertz CT molecular complexity index is 2270. The van der Waals surface area contributed by atoms with Crippen LogP contribution in [0.1, 0.15) is 22.3 Å². The molecule has 9 rings (SSSR count). The van der Waals surface area contributed by atoms with E-state index >= 15 is 0 Å². The van der Waals surface area contributed by atoms with Gasteiger partial charge in [0.05, 0.1) is 39.3 Å². The number of allylic oxidation sites excluding steroid dienone is 8. The molecule has 0 heterocycles. The Balaban J connectivity index is 1.55. The van der Waals surface area contributed by atoms with E-state index in [0.29, 0.717) is 0 Å². The van der Waals surface area contributed by atoms with E-state index in [4.69, 9.17) is 18.9 Å². The van der Waals surface area contributed by atoms with Crippen LogP contribution in [0, 0.1) is 0 Å². The van der Waals surface area contributed by atoms with Crippen LogP contribution in [0.3, 0.4) is 0 Å². The Morgan fingerprint density at radius 3 is 1.06 bits per heavy atom. The molecule has 254 valence electrons. The highest BCUT2D eigenvalue weighted by Gasteiger charge is 2.51. The van der Waals surface area contributed by atoms with Gasteiger partial charge in [0.1, 0.15) is 23.0 Å². The topological polar surface area (TPSA) is 71.1 Å². The second kappa shape index (κ2) is 11.6. The fraction of sp³-hybridized carbons (Fsp3) is 0.130. The van der Waals surface area contributed by atoms with Gasteiger partial charge >= 0.3 is 0 Å². The summed E-state index contributed by atoms with van der Waals surface area (Å²) >= 11 is 0. The van der Waals surface area contributed by atoms with E-state index in [0.717, 1.165) is 89.8 Å². The van der Waals surface area contributed by atoms with Crippen LogP contribution >= 0.6 is 0 Å². The fourth-order valence-corrected chi connectivity index (χ4v) is 8.67. The molecule has 5 aromatic carbocycles. The summed E-state index contributed by atoms with van der Waals surface area (Å²) in [6.07, 6.45) is 14.9. The number of ketones is 2. The summed E-state index contributed by atoms with van der Waals surface area (Å²) in [5.41, 5.74) is 10.8. The largest absolute Gasteiger partial charge is 0.497 e. The molecule has 0 atom stereocenters. The van der Waals surface area contributed by atoms with Gasteiger partial charge in [-0.1, -0.05) is 60.7 Å². The number of methoxy groups -OCH3 is 4. The Morgan fingerprint density at radius 2 is 0.731 bits per heavy atom. The lowest BCUT2D eigenvalue weighted by Crippen LogP contribution is -2.26. The normalized spacial score (nSPS) is 16.2. The number of rotatable bonds is 6. The van der Waals surface area contributed by atoms with Gasteiger partial charge in [0.15, 0.2) is 11.6 Å². The van der Waals surface area contributed by atoms with Crippen molar-refractivity contribution in [1.29, 1.82) is 0 Å². The molecule has 0 unspecified atom stereocenters. The monoisotopic (exact) mass is 682 g/mol. The van der Waals surface area contributed by atoms with Crippen molar-refractivity contribution in [2.24, 2.45) is 0 Å². The first-order chi connectivity index (χ1) is 25.4. The highest BCUT2D eigenvalue weighted by atomic mass is 16.5. The van der Waals surface area contributed by atoms with Gasteiger partial charge in [0.25, 0.3) is 0 Å². The molecule has 0 saturated carbocycles. The number of hydrogen-bond donors (Lipinski definition) is 0. The molecular formula is C46H34O6. The lowest BCUT2D eigenvalue weighted by Gasteiger charge is -2.34. The molecule has 0 N–H and O–H groups in total. The van der Waals surface area contributed by atoms with Crippen LogP contribution < -0.4 is 18.9 Å². The van der Waals surface area contributed by atoms with Crippen molar-refractivity contribution in [3.05, 3.63) is 156 Å². The first-order valence-corrected chi connectivity index (χ1v) is 17.1. The van der Waals surface area contributed by atoms with Gasteiger partial charge in [-0.25, -0.2) is 0 Å². The van der Waals surface area contributed by atoms with Crippen molar-refractivity contribution in [2.45, 2.75) is 10.8 Å². The molecule has 0 radical (unpaired) electrons. The van der Waals surface area contributed by atoms with E-state index in [-0.39, 0.29) is 11.6 Å². The Labute approximate surface area is 301 Å². The zero-order chi connectivity index (χ0) is 35.8. The van der Waals surface area contributed by atoms with E-state index in [9.17, 15) is 9.59 Å². The van der Waals surface area contributed by atoms with Gasteiger partial charge < -0.3 is 18.9 Å². The van der Waals surface area contributed by atoms with Gasteiger partial charge in [-0.05, 0) is 140 Å². The number of hydrogen-bond acceptors (Lipinski definition) is 6. The zero-order valence-electron chi connectivity index (χ0n) is 29.2. The maximum Gasteiger partial charge on any atom is 0.178 e. The molecule has 5 aromatic rings. The summed E-state index contributed by atoms with van der Waals surface area (Å²) in [4.78, 5) is 25.8. The molecule has 0 fully saturated rings. The third-order valence-electron chi connectivity index (χ3n) is 11.0. The van der Waals surface area contributed by atoms with E-state index in [1.807, 2.05) is 60.7 Å². The van der Waals surface area contributed by atoms with Crippen molar-refractivity contribution in [2.75, 3.05) is 28.4 Å². The molecule has 0 amide bonds. The zero-order valence-corrected chi connectivity index (χ0v) is 29.2. The molecule has 0 aromatic heterocycles. The molecule has 0 aliphatic heterocycles. The van der Waals surface area contributed by atoms with Gasteiger partial charge in [0, 0.05) is 0 Å². The minimum absolute atomic E-state index is 0.0652. The second-order valence-corrected chi connectivity index (χ2v) is 13.4. The molecule has 2 spiro atoms. The number of fused-ring (bicyclic) bond motifs is 10. The third-order valence-corrected chi connectivity index (χ3v) is 11.0. The average Bonchev–Trinajstić information content (AvgIpc) is 3.62. The summed E-state index contributed by atoms with van der Waals surface area (Å²) in [7, 11) is 6.67. The standard InChI is InChI=1S/C46H34O6/c1-49-31-9-5-27(6-10-31)39-41-35-15-13-33(51-3)25-37(35)46(23-19-30(48)20-24-46)44(41)40(28-7-11-32(50-2)12-8-28)42-36-16-14-34(52-4)26-38(36)45(43(39)42)21-17-29(47)18-22-45/h5-26H,1-4H3. The fourth-order valence-electron chi connectivity index (χ4n) is 8.67.